The van der Waals surface area contributed by atoms with Gasteiger partial charge in [0.05, 0.1) is 10.7 Å². The Morgan fingerprint density at radius 3 is 2.04 bits per heavy atom. The average molecular weight is 383 g/mol. The summed E-state index contributed by atoms with van der Waals surface area (Å²) in [7, 11) is 0. The molecular formula is C18H13F4NS2. The van der Waals surface area contributed by atoms with Gasteiger partial charge < -0.3 is 4.98 Å². The van der Waals surface area contributed by atoms with Crippen LogP contribution in [0.15, 0.2) is 64.5 Å². The van der Waals surface area contributed by atoms with E-state index in [1.807, 2.05) is 30.5 Å². The van der Waals surface area contributed by atoms with Crippen LogP contribution < -0.4 is 0 Å². The maximum Gasteiger partial charge on any atom is 0.447 e. The van der Waals surface area contributed by atoms with Crippen LogP contribution in [0.4, 0.5) is 17.6 Å². The second-order valence-corrected chi connectivity index (χ2v) is 7.19. The van der Waals surface area contributed by atoms with Crippen LogP contribution in [-0.4, -0.2) is 16.7 Å². The van der Waals surface area contributed by atoms with Crippen molar-refractivity contribution in [3.05, 3.63) is 60.4 Å². The highest BCUT2D eigenvalue weighted by Crippen LogP contribution is 2.41. The normalized spacial score (nSPS) is 11.7. The van der Waals surface area contributed by atoms with E-state index in [0.29, 0.717) is 16.8 Å². The Morgan fingerprint density at radius 1 is 0.880 bits per heavy atom. The van der Waals surface area contributed by atoms with Gasteiger partial charge in [0.15, 0.2) is 0 Å². The summed E-state index contributed by atoms with van der Waals surface area (Å²) in [5.41, 5.74) is -1.79. The summed E-state index contributed by atoms with van der Waals surface area (Å²) in [6.45, 7) is 0. The van der Waals surface area contributed by atoms with Crippen molar-refractivity contribution in [2.45, 2.75) is 15.4 Å². The van der Waals surface area contributed by atoms with Gasteiger partial charge in [-0.15, -0.1) is 11.8 Å². The first-order valence-corrected chi connectivity index (χ1v) is 9.29. The van der Waals surface area contributed by atoms with Crippen molar-refractivity contribution < 1.29 is 17.6 Å². The largest absolute Gasteiger partial charge is 0.447 e. The first-order valence-electron chi connectivity index (χ1n) is 7.25. The maximum absolute atomic E-state index is 13.2. The first-order chi connectivity index (χ1) is 11.9. The van der Waals surface area contributed by atoms with E-state index in [4.69, 9.17) is 0 Å². The number of thioether (sulfide) groups is 2. The van der Waals surface area contributed by atoms with Gasteiger partial charge in [-0.05, 0) is 47.7 Å². The molecule has 0 bridgehead atoms. The fourth-order valence-electron chi connectivity index (χ4n) is 2.45. The molecule has 0 amide bonds. The molecule has 1 aromatic heterocycles. The van der Waals surface area contributed by atoms with Crippen LogP contribution in [0.3, 0.4) is 0 Å². The minimum absolute atomic E-state index is 0.00392. The van der Waals surface area contributed by atoms with E-state index in [1.54, 1.807) is 23.9 Å². The molecule has 0 saturated carbocycles. The van der Waals surface area contributed by atoms with E-state index < -0.39 is 11.3 Å². The molecule has 130 valence electrons. The number of benzene rings is 2. The third-order valence-corrected chi connectivity index (χ3v) is 4.97. The SMILES string of the molecule is CSc1ccc(-c2[nH]c(SC(F)(F)F)cc2-c2ccc(F)cc2)cc1. The highest BCUT2D eigenvalue weighted by atomic mass is 32.2. The number of aromatic amines is 1. The van der Waals surface area contributed by atoms with E-state index in [0.717, 1.165) is 10.5 Å². The van der Waals surface area contributed by atoms with Crippen molar-refractivity contribution in [2.24, 2.45) is 0 Å². The number of alkyl halides is 3. The number of nitrogens with one attached hydrogen (secondary N) is 1. The van der Waals surface area contributed by atoms with Crippen LogP contribution in [0.2, 0.25) is 0 Å². The van der Waals surface area contributed by atoms with Gasteiger partial charge >= 0.3 is 5.51 Å². The molecule has 0 aliphatic rings. The quantitative estimate of drug-likeness (QED) is 0.393. The minimum atomic E-state index is -4.38. The molecule has 0 radical (unpaired) electrons. The third-order valence-electron chi connectivity index (χ3n) is 3.55. The Kier molecular flexibility index (Phi) is 5.15. The molecule has 1 N–H and O–H groups in total. The summed E-state index contributed by atoms with van der Waals surface area (Å²) >= 11 is 1.39. The van der Waals surface area contributed by atoms with Gasteiger partial charge in [0, 0.05) is 22.2 Å². The lowest BCUT2D eigenvalue weighted by atomic mass is 10.0. The fourth-order valence-corrected chi connectivity index (χ4v) is 3.44. The van der Waals surface area contributed by atoms with Crippen molar-refractivity contribution >= 4 is 23.5 Å². The molecule has 0 unspecified atom stereocenters. The number of H-pyrrole nitrogens is 1. The lowest BCUT2D eigenvalue weighted by Gasteiger charge is -2.06. The van der Waals surface area contributed by atoms with Crippen LogP contribution in [0, 0.1) is 5.82 Å². The zero-order valence-electron chi connectivity index (χ0n) is 13.0. The average Bonchev–Trinajstić information content (AvgIpc) is 2.97. The molecule has 0 atom stereocenters. The molecule has 0 aliphatic carbocycles. The summed E-state index contributed by atoms with van der Waals surface area (Å²) in [5, 5.41) is -0.00392. The lowest BCUT2D eigenvalue weighted by Crippen LogP contribution is -1.98. The van der Waals surface area contributed by atoms with Crippen molar-refractivity contribution in [1.82, 2.24) is 4.98 Å². The van der Waals surface area contributed by atoms with Crippen molar-refractivity contribution in [3.63, 3.8) is 0 Å². The van der Waals surface area contributed by atoms with E-state index in [2.05, 4.69) is 4.98 Å². The zero-order chi connectivity index (χ0) is 18.0. The van der Waals surface area contributed by atoms with Crippen LogP contribution >= 0.6 is 23.5 Å². The van der Waals surface area contributed by atoms with Gasteiger partial charge in [-0.2, -0.15) is 13.2 Å². The van der Waals surface area contributed by atoms with E-state index >= 15 is 0 Å². The van der Waals surface area contributed by atoms with Gasteiger partial charge in [0.1, 0.15) is 5.82 Å². The van der Waals surface area contributed by atoms with Gasteiger partial charge in [-0.3, -0.25) is 0 Å². The van der Waals surface area contributed by atoms with Crippen molar-refractivity contribution in [1.29, 1.82) is 0 Å². The molecule has 2 aromatic carbocycles. The Balaban J connectivity index is 2.08. The first kappa shape index (κ1) is 17.9. The smallest absolute Gasteiger partial charge is 0.349 e. The highest BCUT2D eigenvalue weighted by molar-refractivity contribution is 8.00. The van der Waals surface area contributed by atoms with Crippen LogP contribution in [0.5, 0.6) is 0 Å². The zero-order valence-corrected chi connectivity index (χ0v) is 14.7. The summed E-state index contributed by atoms with van der Waals surface area (Å²) in [4.78, 5) is 3.91. The van der Waals surface area contributed by atoms with E-state index in [9.17, 15) is 17.6 Å². The lowest BCUT2D eigenvalue weighted by molar-refractivity contribution is -0.0329. The topological polar surface area (TPSA) is 15.8 Å². The molecule has 0 saturated heterocycles. The van der Waals surface area contributed by atoms with Gasteiger partial charge in [-0.1, -0.05) is 24.3 Å². The summed E-state index contributed by atoms with van der Waals surface area (Å²) in [5.74, 6) is -0.393. The second-order valence-electron chi connectivity index (χ2n) is 5.21. The Morgan fingerprint density at radius 2 is 1.48 bits per heavy atom. The molecule has 1 nitrogen and oxygen atoms in total. The molecule has 0 fully saturated rings. The van der Waals surface area contributed by atoms with E-state index in [1.165, 1.54) is 18.2 Å². The summed E-state index contributed by atoms with van der Waals surface area (Å²) in [6.07, 6.45) is 1.95. The van der Waals surface area contributed by atoms with Crippen molar-refractivity contribution in [2.75, 3.05) is 6.26 Å². The Hall–Kier alpha value is -1.86. The predicted molar refractivity (Wildman–Crippen MR) is 95.3 cm³/mol. The van der Waals surface area contributed by atoms with Crippen LogP contribution in [-0.2, 0) is 0 Å². The fraction of sp³-hybridized carbons (Fsp3) is 0.111. The van der Waals surface area contributed by atoms with Crippen LogP contribution in [0.25, 0.3) is 22.4 Å². The molecule has 25 heavy (non-hydrogen) atoms. The maximum atomic E-state index is 13.2. The Bertz CT molecular complexity index is 852. The number of halogens is 4. The number of hydrogen-bond donors (Lipinski definition) is 1. The highest BCUT2D eigenvalue weighted by Gasteiger charge is 2.30. The number of rotatable bonds is 4. The molecule has 3 rings (SSSR count). The Labute approximate surface area is 150 Å². The van der Waals surface area contributed by atoms with Crippen molar-refractivity contribution in [3.8, 4) is 22.4 Å². The van der Waals surface area contributed by atoms with Gasteiger partial charge in [0.2, 0.25) is 0 Å². The molecular weight excluding hydrogens is 370 g/mol. The summed E-state index contributed by atoms with van der Waals surface area (Å²) in [6, 6.07) is 14.7. The molecule has 0 aliphatic heterocycles. The number of hydrogen-bond acceptors (Lipinski definition) is 2. The van der Waals surface area contributed by atoms with E-state index in [-0.39, 0.29) is 16.8 Å². The van der Waals surface area contributed by atoms with Gasteiger partial charge in [0.25, 0.3) is 0 Å². The third kappa shape index (κ3) is 4.41. The molecule has 7 heteroatoms. The minimum Gasteiger partial charge on any atom is -0.349 e. The molecule has 3 aromatic rings. The van der Waals surface area contributed by atoms with Crippen LogP contribution in [0.1, 0.15) is 0 Å². The molecule has 0 spiro atoms. The summed E-state index contributed by atoms with van der Waals surface area (Å²) < 4.78 is 51.4. The standard InChI is InChI=1S/C18H13F4NS2/c1-24-14-8-4-12(5-9-14)17-15(11-2-6-13(19)7-3-11)10-16(23-17)25-18(20,21)22/h2-10,23H,1H3. The molecule has 1 heterocycles. The predicted octanol–water partition coefficient (Wildman–Crippen LogP) is 6.82. The number of aromatic nitrogens is 1. The second kappa shape index (κ2) is 7.17. The monoisotopic (exact) mass is 383 g/mol. The van der Waals surface area contributed by atoms with Gasteiger partial charge in [-0.25, -0.2) is 4.39 Å².